The molecule has 0 fully saturated rings. The highest BCUT2D eigenvalue weighted by atomic mass is 35.5. The number of hydrogen-bond acceptors (Lipinski definition) is 2. The van der Waals surface area contributed by atoms with Crippen molar-refractivity contribution in [3.05, 3.63) is 63.8 Å². The molecular weight excluding hydrogens is 303 g/mol. The fourth-order valence-corrected chi connectivity index (χ4v) is 2.65. The lowest BCUT2D eigenvalue weighted by atomic mass is 10.1. The van der Waals surface area contributed by atoms with Gasteiger partial charge in [-0.25, -0.2) is 0 Å². The third-order valence-corrected chi connectivity index (χ3v) is 4.11. The van der Waals surface area contributed by atoms with Gasteiger partial charge in [0.05, 0.1) is 15.6 Å². The summed E-state index contributed by atoms with van der Waals surface area (Å²) < 4.78 is 0. The molecular formula is C17H14Cl2N2. The lowest BCUT2D eigenvalue weighted by Crippen LogP contribution is -1.96. The molecule has 0 bridgehead atoms. The molecule has 0 saturated heterocycles. The first-order valence-electron chi connectivity index (χ1n) is 6.63. The minimum absolute atomic E-state index is 0.535. The summed E-state index contributed by atoms with van der Waals surface area (Å²) in [4.78, 5) is 4.62. The Morgan fingerprint density at radius 2 is 1.76 bits per heavy atom. The van der Waals surface area contributed by atoms with Gasteiger partial charge in [0.15, 0.2) is 0 Å². The third kappa shape index (κ3) is 2.82. The van der Waals surface area contributed by atoms with Gasteiger partial charge in [-0.2, -0.15) is 0 Å². The molecule has 21 heavy (non-hydrogen) atoms. The minimum atomic E-state index is 0.535. The molecule has 106 valence electrons. The molecule has 1 N–H and O–H groups in total. The van der Waals surface area contributed by atoms with Crippen LogP contribution in [0.25, 0.3) is 10.9 Å². The van der Waals surface area contributed by atoms with E-state index in [-0.39, 0.29) is 0 Å². The topological polar surface area (TPSA) is 24.9 Å². The Hall–Kier alpha value is -1.77. The Balaban J connectivity index is 2.11. The Bertz CT molecular complexity index is 828. The number of aromatic nitrogens is 1. The molecule has 0 aliphatic rings. The fourth-order valence-electron chi connectivity index (χ4n) is 2.35. The normalized spacial score (nSPS) is 10.9. The first-order valence-corrected chi connectivity index (χ1v) is 7.39. The average Bonchev–Trinajstić information content (AvgIpc) is 2.44. The summed E-state index contributed by atoms with van der Waals surface area (Å²) in [5.41, 5.74) is 5.06. The van der Waals surface area contributed by atoms with E-state index in [1.165, 1.54) is 0 Å². The maximum atomic E-state index is 6.07. The summed E-state index contributed by atoms with van der Waals surface area (Å²) >= 11 is 12.0. The number of para-hydroxylation sites is 1. The number of halogens is 2. The number of aryl methyl sites for hydroxylation is 2. The van der Waals surface area contributed by atoms with E-state index in [9.17, 15) is 0 Å². The Morgan fingerprint density at radius 3 is 2.52 bits per heavy atom. The largest absolute Gasteiger partial charge is 0.355 e. The van der Waals surface area contributed by atoms with Crippen LogP contribution in [-0.2, 0) is 0 Å². The summed E-state index contributed by atoms with van der Waals surface area (Å²) in [6.45, 7) is 4.06. The molecule has 0 radical (unpaired) electrons. The molecule has 2 aromatic carbocycles. The molecule has 0 atom stereocenters. The van der Waals surface area contributed by atoms with Crippen LogP contribution in [0.4, 0.5) is 11.4 Å². The second kappa shape index (κ2) is 5.55. The second-order valence-electron chi connectivity index (χ2n) is 5.04. The van der Waals surface area contributed by atoms with Gasteiger partial charge in [-0.05, 0) is 43.7 Å². The Kier molecular flexibility index (Phi) is 3.75. The number of hydrogen-bond donors (Lipinski definition) is 1. The molecule has 3 aromatic rings. The minimum Gasteiger partial charge on any atom is -0.355 e. The van der Waals surface area contributed by atoms with E-state index in [0.717, 1.165) is 33.5 Å². The van der Waals surface area contributed by atoms with Gasteiger partial charge in [0.1, 0.15) is 0 Å². The zero-order valence-corrected chi connectivity index (χ0v) is 13.3. The van der Waals surface area contributed by atoms with Crippen molar-refractivity contribution in [3.8, 4) is 0 Å². The van der Waals surface area contributed by atoms with E-state index < -0.39 is 0 Å². The van der Waals surface area contributed by atoms with Crippen LogP contribution in [0.5, 0.6) is 0 Å². The first kappa shape index (κ1) is 14.2. The van der Waals surface area contributed by atoms with Crippen molar-refractivity contribution in [1.82, 2.24) is 4.98 Å². The van der Waals surface area contributed by atoms with Gasteiger partial charge in [-0.3, -0.25) is 4.98 Å². The predicted molar refractivity (Wildman–Crippen MR) is 91.0 cm³/mol. The maximum Gasteiger partial charge on any atom is 0.0755 e. The molecule has 0 amide bonds. The Labute approximate surface area is 133 Å². The van der Waals surface area contributed by atoms with Crippen LogP contribution in [0, 0.1) is 13.8 Å². The van der Waals surface area contributed by atoms with Gasteiger partial charge in [-0.15, -0.1) is 0 Å². The van der Waals surface area contributed by atoms with Crippen LogP contribution in [-0.4, -0.2) is 4.98 Å². The summed E-state index contributed by atoms with van der Waals surface area (Å²) in [7, 11) is 0. The van der Waals surface area contributed by atoms with Crippen molar-refractivity contribution in [2.45, 2.75) is 13.8 Å². The van der Waals surface area contributed by atoms with Crippen molar-refractivity contribution in [1.29, 1.82) is 0 Å². The maximum absolute atomic E-state index is 6.07. The molecule has 1 heterocycles. The molecule has 4 heteroatoms. The molecule has 0 spiro atoms. The zero-order chi connectivity index (χ0) is 15.0. The number of nitrogens with zero attached hydrogens (tertiary/aromatic N) is 1. The lowest BCUT2D eigenvalue weighted by molar-refractivity contribution is 1.24. The number of anilines is 2. The third-order valence-electron chi connectivity index (χ3n) is 3.37. The van der Waals surface area contributed by atoms with Gasteiger partial charge in [0.25, 0.3) is 0 Å². The Morgan fingerprint density at radius 1 is 0.952 bits per heavy atom. The van der Waals surface area contributed by atoms with E-state index in [4.69, 9.17) is 23.2 Å². The van der Waals surface area contributed by atoms with Crippen molar-refractivity contribution >= 4 is 45.5 Å². The SMILES string of the molecule is Cc1cc(Nc2ccc(Cl)c(Cl)c2)c2cccc(C)c2n1. The van der Waals surface area contributed by atoms with Crippen molar-refractivity contribution < 1.29 is 0 Å². The number of fused-ring (bicyclic) bond motifs is 1. The number of rotatable bonds is 2. The van der Waals surface area contributed by atoms with Crippen LogP contribution in [0.2, 0.25) is 10.0 Å². The predicted octanol–water partition coefficient (Wildman–Crippen LogP) is 5.90. The van der Waals surface area contributed by atoms with E-state index in [1.54, 1.807) is 6.07 Å². The van der Waals surface area contributed by atoms with E-state index >= 15 is 0 Å². The summed E-state index contributed by atoms with van der Waals surface area (Å²) in [6, 6.07) is 13.7. The van der Waals surface area contributed by atoms with Crippen LogP contribution in [0.3, 0.4) is 0 Å². The smallest absolute Gasteiger partial charge is 0.0755 e. The molecule has 0 aliphatic heterocycles. The van der Waals surface area contributed by atoms with Gasteiger partial charge in [0.2, 0.25) is 0 Å². The van der Waals surface area contributed by atoms with Gasteiger partial charge in [-0.1, -0.05) is 41.4 Å². The van der Waals surface area contributed by atoms with Gasteiger partial charge >= 0.3 is 0 Å². The second-order valence-corrected chi connectivity index (χ2v) is 5.85. The van der Waals surface area contributed by atoms with E-state index in [1.807, 2.05) is 31.2 Å². The average molecular weight is 317 g/mol. The highest BCUT2D eigenvalue weighted by Crippen LogP contribution is 2.31. The van der Waals surface area contributed by atoms with Crippen LogP contribution in [0.1, 0.15) is 11.3 Å². The first-order chi connectivity index (χ1) is 10.0. The van der Waals surface area contributed by atoms with Crippen molar-refractivity contribution in [2.24, 2.45) is 0 Å². The van der Waals surface area contributed by atoms with Crippen LogP contribution < -0.4 is 5.32 Å². The molecule has 1 aromatic heterocycles. The lowest BCUT2D eigenvalue weighted by Gasteiger charge is -2.12. The monoisotopic (exact) mass is 316 g/mol. The number of pyridine rings is 1. The molecule has 0 aliphatic carbocycles. The van der Waals surface area contributed by atoms with E-state index in [2.05, 4.69) is 29.4 Å². The molecule has 0 unspecified atom stereocenters. The summed E-state index contributed by atoms with van der Waals surface area (Å²) in [5.74, 6) is 0. The highest BCUT2D eigenvalue weighted by Gasteiger charge is 2.07. The van der Waals surface area contributed by atoms with Gasteiger partial charge < -0.3 is 5.32 Å². The zero-order valence-electron chi connectivity index (χ0n) is 11.7. The van der Waals surface area contributed by atoms with Gasteiger partial charge in [0, 0.05) is 22.5 Å². The number of nitrogens with one attached hydrogen (secondary N) is 1. The van der Waals surface area contributed by atoms with Crippen LogP contribution in [0.15, 0.2) is 42.5 Å². The number of benzene rings is 2. The van der Waals surface area contributed by atoms with E-state index in [0.29, 0.717) is 10.0 Å². The molecule has 0 saturated carbocycles. The van der Waals surface area contributed by atoms with Crippen molar-refractivity contribution in [2.75, 3.05) is 5.32 Å². The van der Waals surface area contributed by atoms with Crippen LogP contribution >= 0.6 is 23.2 Å². The van der Waals surface area contributed by atoms with Crippen molar-refractivity contribution in [3.63, 3.8) is 0 Å². The summed E-state index contributed by atoms with van der Waals surface area (Å²) in [5, 5.41) is 5.57. The highest BCUT2D eigenvalue weighted by molar-refractivity contribution is 6.42. The fraction of sp³-hybridized carbons (Fsp3) is 0.118. The summed E-state index contributed by atoms with van der Waals surface area (Å²) in [6.07, 6.45) is 0. The standard InChI is InChI=1S/C17H14Cl2N2/c1-10-4-3-5-13-16(8-11(2)20-17(10)13)21-12-6-7-14(18)15(19)9-12/h3-9H,1-2H3,(H,20,21). The molecule has 3 rings (SSSR count). The molecule has 2 nitrogen and oxygen atoms in total. The quantitative estimate of drug-likeness (QED) is 0.636.